The van der Waals surface area contributed by atoms with Crippen LogP contribution in [0.2, 0.25) is 0 Å². The number of likely N-dealkylation sites (N-methyl/N-ethyl adjacent to an activating group) is 1. The molecule has 0 aliphatic heterocycles. The summed E-state index contributed by atoms with van der Waals surface area (Å²) in [6, 6.07) is 7.63. The number of hydrogen-bond acceptors (Lipinski definition) is 3. The third-order valence-electron chi connectivity index (χ3n) is 4.69. The second-order valence-electron chi connectivity index (χ2n) is 6.97. The molecule has 1 aliphatic carbocycles. The lowest BCUT2D eigenvalue weighted by Gasteiger charge is -2.21. The van der Waals surface area contributed by atoms with Crippen LogP contribution in [0, 0.1) is 12.8 Å². The van der Waals surface area contributed by atoms with E-state index in [4.69, 9.17) is 0 Å². The van der Waals surface area contributed by atoms with Gasteiger partial charge < -0.3 is 10.2 Å². The lowest BCUT2D eigenvalue weighted by molar-refractivity contribution is -0.116. The SMILES string of the molecule is Cc1ccc(NC(=O)CN(C)C(=O)c2csc3c2CCC(C)C3)cc1. The first-order valence-electron chi connectivity index (χ1n) is 8.65. The van der Waals surface area contributed by atoms with Crippen molar-refractivity contribution in [3.05, 3.63) is 51.2 Å². The Morgan fingerprint density at radius 2 is 2.00 bits per heavy atom. The second-order valence-corrected chi connectivity index (χ2v) is 7.94. The number of benzene rings is 1. The molecule has 1 aromatic carbocycles. The topological polar surface area (TPSA) is 49.4 Å². The summed E-state index contributed by atoms with van der Waals surface area (Å²) in [5.74, 6) is 0.440. The van der Waals surface area contributed by atoms with Gasteiger partial charge in [0.1, 0.15) is 0 Å². The molecule has 132 valence electrons. The minimum Gasteiger partial charge on any atom is -0.332 e. The summed E-state index contributed by atoms with van der Waals surface area (Å²) in [7, 11) is 1.69. The number of rotatable bonds is 4. The number of nitrogens with one attached hydrogen (secondary N) is 1. The first-order valence-corrected chi connectivity index (χ1v) is 9.53. The summed E-state index contributed by atoms with van der Waals surface area (Å²) >= 11 is 1.68. The van der Waals surface area contributed by atoms with E-state index in [1.54, 1.807) is 18.4 Å². The Balaban J connectivity index is 1.63. The van der Waals surface area contributed by atoms with Crippen LogP contribution in [0.25, 0.3) is 0 Å². The second kappa shape index (κ2) is 7.40. The van der Waals surface area contributed by atoms with Gasteiger partial charge in [-0.15, -0.1) is 11.3 Å². The van der Waals surface area contributed by atoms with Gasteiger partial charge in [0.05, 0.1) is 12.1 Å². The fourth-order valence-corrected chi connectivity index (χ4v) is 4.43. The van der Waals surface area contributed by atoms with E-state index in [9.17, 15) is 9.59 Å². The molecule has 25 heavy (non-hydrogen) atoms. The zero-order valence-electron chi connectivity index (χ0n) is 15.0. The van der Waals surface area contributed by atoms with Crippen LogP contribution in [0.4, 0.5) is 5.69 Å². The van der Waals surface area contributed by atoms with Crippen LogP contribution in [-0.4, -0.2) is 30.3 Å². The smallest absolute Gasteiger partial charge is 0.255 e. The number of amides is 2. The van der Waals surface area contributed by atoms with Crippen molar-refractivity contribution in [2.75, 3.05) is 18.9 Å². The normalized spacial score (nSPS) is 16.2. The Hall–Kier alpha value is -2.14. The minimum absolute atomic E-state index is 0.0493. The molecule has 1 unspecified atom stereocenters. The lowest BCUT2D eigenvalue weighted by atomic mass is 9.88. The van der Waals surface area contributed by atoms with Gasteiger partial charge in [-0.05, 0) is 49.8 Å². The van der Waals surface area contributed by atoms with Crippen LogP contribution in [0.15, 0.2) is 29.6 Å². The number of fused-ring (bicyclic) bond motifs is 1. The van der Waals surface area contributed by atoms with Gasteiger partial charge in [-0.3, -0.25) is 9.59 Å². The molecule has 0 saturated carbocycles. The summed E-state index contributed by atoms with van der Waals surface area (Å²) in [4.78, 5) is 27.8. The highest BCUT2D eigenvalue weighted by atomic mass is 32.1. The zero-order chi connectivity index (χ0) is 18.0. The fourth-order valence-electron chi connectivity index (χ4n) is 3.19. The molecule has 4 nitrogen and oxygen atoms in total. The molecular formula is C20H24N2O2S. The first kappa shape index (κ1) is 17.7. The number of anilines is 1. The molecule has 2 aromatic rings. The van der Waals surface area contributed by atoms with Crippen LogP contribution in [0.3, 0.4) is 0 Å². The van der Waals surface area contributed by atoms with Gasteiger partial charge in [0, 0.05) is 23.0 Å². The molecule has 1 heterocycles. The standard InChI is InChI=1S/C20H24N2O2S/c1-13-4-7-15(8-5-13)21-19(23)11-22(3)20(24)17-12-25-18-10-14(2)6-9-16(17)18/h4-5,7-8,12,14H,6,9-11H2,1-3H3,(H,21,23). The highest BCUT2D eigenvalue weighted by Crippen LogP contribution is 2.33. The highest BCUT2D eigenvalue weighted by molar-refractivity contribution is 7.10. The first-order chi connectivity index (χ1) is 11.9. The van der Waals surface area contributed by atoms with Gasteiger partial charge in [-0.2, -0.15) is 0 Å². The molecular weight excluding hydrogens is 332 g/mol. The van der Waals surface area contributed by atoms with Crippen LogP contribution in [0.1, 0.15) is 39.7 Å². The number of carbonyl (C=O) groups excluding carboxylic acids is 2. The van der Waals surface area contributed by atoms with Crippen LogP contribution in [0.5, 0.6) is 0 Å². The molecule has 0 radical (unpaired) electrons. The van der Waals surface area contributed by atoms with E-state index in [2.05, 4.69) is 12.2 Å². The highest BCUT2D eigenvalue weighted by Gasteiger charge is 2.25. The average molecular weight is 356 g/mol. The minimum atomic E-state index is -0.183. The van der Waals surface area contributed by atoms with Crippen molar-refractivity contribution in [2.45, 2.75) is 33.1 Å². The van der Waals surface area contributed by atoms with Gasteiger partial charge in [0.2, 0.25) is 5.91 Å². The quantitative estimate of drug-likeness (QED) is 0.903. The molecule has 5 heteroatoms. The van der Waals surface area contributed by atoms with Crippen molar-refractivity contribution < 1.29 is 9.59 Å². The maximum Gasteiger partial charge on any atom is 0.255 e. The number of aryl methyl sites for hydroxylation is 1. The van der Waals surface area contributed by atoms with Crippen molar-refractivity contribution in [3.8, 4) is 0 Å². The third kappa shape index (κ3) is 4.10. The Kier molecular flexibility index (Phi) is 5.23. The van der Waals surface area contributed by atoms with Gasteiger partial charge >= 0.3 is 0 Å². The molecule has 1 aromatic heterocycles. The van der Waals surface area contributed by atoms with Gasteiger partial charge in [-0.1, -0.05) is 24.6 Å². The molecule has 1 aliphatic rings. The van der Waals surface area contributed by atoms with Crippen molar-refractivity contribution in [1.29, 1.82) is 0 Å². The van der Waals surface area contributed by atoms with Crippen molar-refractivity contribution in [3.63, 3.8) is 0 Å². The van der Waals surface area contributed by atoms with Crippen molar-refractivity contribution in [2.24, 2.45) is 5.92 Å². The largest absolute Gasteiger partial charge is 0.332 e. The summed E-state index contributed by atoms with van der Waals surface area (Å²) in [5, 5.41) is 4.80. The number of hydrogen-bond donors (Lipinski definition) is 1. The lowest BCUT2D eigenvalue weighted by Crippen LogP contribution is -2.35. The Morgan fingerprint density at radius 1 is 1.28 bits per heavy atom. The predicted molar refractivity (Wildman–Crippen MR) is 102 cm³/mol. The fraction of sp³-hybridized carbons (Fsp3) is 0.400. The summed E-state index contributed by atoms with van der Waals surface area (Å²) in [6.45, 7) is 4.31. The van der Waals surface area contributed by atoms with E-state index in [1.165, 1.54) is 15.3 Å². The van der Waals surface area contributed by atoms with Gasteiger partial charge in [-0.25, -0.2) is 0 Å². The van der Waals surface area contributed by atoms with Crippen LogP contribution in [-0.2, 0) is 17.6 Å². The van der Waals surface area contributed by atoms with Crippen molar-refractivity contribution in [1.82, 2.24) is 4.90 Å². The van der Waals surface area contributed by atoms with Gasteiger partial charge in [0.15, 0.2) is 0 Å². The Morgan fingerprint density at radius 3 is 2.72 bits per heavy atom. The van der Waals surface area contributed by atoms with E-state index >= 15 is 0 Å². The Bertz CT molecular complexity index is 779. The Labute approximate surface area is 152 Å². The summed E-state index contributed by atoms with van der Waals surface area (Å²) in [6.07, 6.45) is 3.15. The van der Waals surface area contributed by atoms with E-state index in [1.807, 2.05) is 36.6 Å². The average Bonchev–Trinajstić information content (AvgIpc) is 2.99. The number of nitrogens with zero attached hydrogens (tertiary/aromatic N) is 1. The molecule has 2 amide bonds. The summed E-state index contributed by atoms with van der Waals surface area (Å²) < 4.78 is 0. The molecule has 1 atom stereocenters. The van der Waals surface area contributed by atoms with Crippen LogP contribution >= 0.6 is 11.3 Å². The number of thiophene rings is 1. The molecule has 0 bridgehead atoms. The monoisotopic (exact) mass is 356 g/mol. The summed E-state index contributed by atoms with van der Waals surface area (Å²) in [5.41, 5.74) is 3.86. The van der Waals surface area contributed by atoms with Crippen LogP contribution < -0.4 is 5.32 Å². The van der Waals surface area contributed by atoms with E-state index < -0.39 is 0 Å². The molecule has 0 saturated heterocycles. The van der Waals surface area contributed by atoms with E-state index in [0.29, 0.717) is 5.92 Å². The van der Waals surface area contributed by atoms with E-state index in [-0.39, 0.29) is 18.4 Å². The molecule has 3 rings (SSSR count). The zero-order valence-corrected chi connectivity index (χ0v) is 15.8. The number of carbonyl (C=O) groups is 2. The third-order valence-corrected chi connectivity index (χ3v) is 5.75. The maximum atomic E-state index is 12.7. The van der Waals surface area contributed by atoms with E-state index in [0.717, 1.165) is 36.1 Å². The predicted octanol–water partition coefficient (Wildman–Crippen LogP) is 3.89. The molecule has 0 fully saturated rings. The van der Waals surface area contributed by atoms with Gasteiger partial charge in [0.25, 0.3) is 5.91 Å². The maximum absolute atomic E-state index is 12.7. The molecule has 1 N–H and O–H groups in total. The molecule has 0 spiro atoms. The van der Waals surface area contributed by atoms with Crippen molar-refractivity contribution >= 4 is 28.8 Å².